The average Bonchev–Trinajstić information content (AvgIpc) is 2.90. The quantitative estimate of drug-likeness (QED) is 0.885. The van der Waals surface area contributed by atoms with E-state index < -0.39 is 0 Å². The van der Waals surface area contributed by atoms with Gasteiger partial charge in [0.25, 0.3) is 0 Å². The number of aromatic nitrogens is 1. The van der Waals surface area contributed by atoms with E-state index in [2.05, 4.69) is 10.3 Å². The highest BCUT2D eigenvalue weighted by Gasteiger charge is 2.20. The van der Waals surface area contributed by atoms with E-state index in [1.165, 1.54) is 12.1 Å². The summed E-state index contributed by atoms with van der Waals surface area (Å²) in [6.07, 6.45) is 3.98. The van der Waals surface area contributed by atoms with Crippen LogP contribution in [0.25, 0.3) is 11.3 Å². The van der Waals surface area contributed by atoms with E-state index >= 15 is 0 Å². The zero-order valence-electron chi connectivity index (χ0n) is 10.0. The minimum absolute atomic E-state index is 0.241. The summed E-state index contributed by atoms with van der Waals surface area (Å²) in [4.78, 5) is 4.34. The number of nitrogens with one attached hydrogen (secondary N) is 1. The van der Waals surface area contributed by atoms with Gasteiger partial charge in [0.15, 0.2) is 11.7 Å². The van der Waals surface area contributed by atoms with Gasteiger partial charge < -0.3 is 9.73 Å². The summed E-state index contributed by atoms with van der Waals surface area (Å²) in [5.41, 5.74) is 0.860. The molecule has 1 saturated heterocycles. The Bertz CT molecular complexity index is 515. The standard InChI is InChI=1S/C14H15FN2O/c15-12-5-3-10(4-6-12)13-9-17-14(18-13)11-2-1-7-16-8-11/h3-6,9,11,16H,1-2,7-8H2. The van der Waals surface area contributed by atoms with E-state index in [4.69, 9.17) is 4.42 Å². The van der Waals surface area contributed by atoms with Gasteiger partial charge in [-0.15, -0.1) is 0 Å². The smallest absolute Gasteiger partial charge is 0.199 e. The number of hydrogen-bond acceptors (Lipinski definition) is 3. The molecule has 4 heteroatoms. The van der Waals surface area contributed by atoms with Crippen molar-refractivity contribution in [1.82, 2.24) is 10.3 Å². The first-order chi connectivity index (χ1) is 8.83. The van der Waals surface area contributed by atoms with Crippen molar-refractivity contribution in [3.63, 3.8) is 0 Å². The molecule has 3 nitrogen and oxygen atoms in total. The minimum atomic E-state index is -0.241. The number of benzene rings is 1. The van der Waals surface area contributed by atoms with Gasteiger partial charge in [-0.05, 0) is 43.7 Å². The molecule has 1 aliphatic rings. The van der Waals surface area contributed by atoms with Gasteiger partial charge in [-0.3, -0.25) is 0 Å². The maximum absolute atomic E-state index is 12.8. The van der Waals surface area contributed by atoms with Crippen molar-refractivity contribution in [2.45, 2.75) is 18.8 Å². The highest BCUT2D eigenvalue weighted by molar-refractivity contribution is 5.55. The zero-order valence-corrected chi connectivity index (χ0v) is 10.0. The van der Waals surface area contributed by atoms with E-state index in [-0.39, 0.29) is 5.82 Å². The number of halogens is 1. The normalized spacial score (nSPS) is 19.9. The van der Waals surface area contributed by atoms with E-state index in [1.807, 2.05) is 0 Å². The van der Waals surface area contributed by atoms with Crippen LogP contribution in [0.1, 0.15) is 24.7 Å². The van der Waals surface area contributed by atoms with Crippen molar-refractivity contribution in [3.05, 3.63) is 42.2 Å². The molecule has 3 rings (SSSR count). The Morgan fingerprint density at radius 3 is 2.83 bits per heavy atom. The van der Waals surface area contributed by atoms with Crippen LogP contribution in [0.4, 0.5) is 4.39 Å². The fourth-order valence-electron chi connectivity index (χ4n) is 2.29. The summed E-state index contributed by atoms with van der Waals surface area (Å²) >= 11 is 0. The number of oxazole rings is 1. The molecule has 1 aromatic heterocycles. The Balaban J connectivity index is 1.82. The fraction of sp³-hybridized carbons (Fsp3) is 0.357. The molecule has 0 radical (unpaired) electrons. The molecule has 0 bridgehead atoms. The van der Waals surface area contributed by atoms with Gasteiger partial charge in [-0.2, -0.15) is 0 Å². The first-order valence-electron chi connectivity index (χ1n) is 6.25. The lowest BCUT2D eigenvalue weighted by Gasteiger charge is -2.19. The summed E-state index contributed by atoms with van der Waals surface area (Å²) in [6, 6.07) is 6.27. The van der Waals surface area contributed by atoms with E-state index in [9.17, 15) is 4.39 Å². The van der Waals surface area contributed by atoms with Gasteiger partial charge >= 0.3 is 0 Å². The third-order valence-corrected chi connectivity index (χ3v) is 3.30. The lowest BCUT2D eigenvalue weighted by Crippen LogP contribution is -2.28. The maximum atomic E-state index is 12.8. The number of hydrogen-bond donors (Lipinski definition) is 1. The summed E-state index contributed by atoms with van der Waals surface area (Å²) in [5.74, 6) is 1.60. The summed E-state index contributed by atoms with van der Waals surface area (Å²) < 4.78 is 18.6. The lowest BCUT2D eigenvalue weighted by molar-refractivity contribution is 0.380. The summed E-state index contributed by atoms with van der Waals surface area (Å²) in [5, 5.41) is 3.34. The summed E-state index contributed by atoms with van der Waals surface area (Å²) in [7, 11) is 0. The van der Waals surface area contributed by atoms with Crippen LogP contribution in [0.3, 0.4) is 0 Å². The van der Waals surface area contributed by atoms with Crippen LogP contribution >= 0.6 is 0 Å². The Morgan fingerprint density at radius 2 is 2.11 bits per heavy atom. The van der Waals surface area contributed by atoms with Crippen molar-refractivity contribution in [2.24, 2.45) is 0 Å². The van der Waals surface area contributed by atoms with Gasteiger partial charge in [0, 0.05) is 18.0 Å². The zero-order chi connectivity index (χ0) is 12.4. The average molecular weight is 246 g/mol. The molecule has 94 valence electrons. The van der Waals surface area contributed by atoms with Crippen molar-refractivity contribution in [1.29, 1.82) is 0 Å². The van der Waals surface area contributed by atoms with Crippen LogP contribution in [0.2, 0.25) is 0 Å². The second-order valence-corrected chi connectivity index (χ2v) is 4.61. The third-order valence-electron chi connectivity index (χ3n) is 3.30. The molecule has 2 aromatic rings. The molecular formula is C14H15FN2O. The van der Waals surface area contributed by atoms with Gasteiger partial charge in [0.05, 0.1) is 6.20 Å². The predicted molar refractivity (Wildman–Crippen MR) is 66.7 cm³/mol. The first kappa shape index (κ1) is 11.4. The number of piperidine rings is 1. The third kappa shape index (κ3) is 2.29. The highest BCUT2D eigenvalue weighted by atomic mass is 19.1. The SMILES string of the molecule is Fc1ccc(-c2cnc(C3CCCNC3)o2)cc1. The van der Waals surface area contributed by atoms with Crippen molar-refractivity contribution in [3.8, 4) is 11.3 Å². The van der Waals surface area contributed by atoms with Gasteiger partial charge in [0.1, 0.15) is 5.82 Å². The molecule has 1 atom stereocenters. The molecule has 0 saturated carbocycles. The topological polar surface area (TPSA) is 38.1 Å². The molecule has 0 aliphatic carbocycles. The largest absolute Gasteiger partial charge is 0.440 e. The molecule has 0 amide bonds. The van der Waals surface area contributed by atoms with Crippen LogP contribution in [0, 0.1) is 5.82 Å². The monoisotopic (exact) mass is 246 g/mol. The van der Waals surface area contributed by atoms with E-state index in [0.717, 1.165) is 37.4 Å². The Kier molecular flexibility index (Phi) is 3.11. The van der Waals surface area contributed by atoms with Crippen molar-refractivity contribution in [2.75, 3.05) is 13.1 Å². The Hall–Kier alpha value is -1.68. The molecule has 1 unspecified atom stereocenters. The van der Waals surface area contributed by atoms with Crippen LogP contribution < -0.4 is 5.32 Å². The van der Waals surface area contributed by atoms with Gasteiger partial charge in [-0.25, -0.2) is 9.37 Å². The first-order valence-corrected chi connectivity index (χ1v) is 6.25. The second-order valence-electron chi connectivity index (χ2n) is 4.61. The molecule has 1 aromatic carbocycles. The fourth-order valence-corrected chi connectivity index (χ4v) is 2.29. The van der Waals surface area contributed by atoms with Gasteiger partial charge in [0.2, 0.25) is 0 Å². The minimum Gasteiger partial charge on any atom is -0.440 e. The van der Waals surface area contributed by atoms with E-state index in [0.29, 0.717) is 11.7 Å². The molecule has 2 heterocycles. The molecule has 1 aliphatic heterocycles. The number of nitrogens with zero attached hydrogens (tertiary/aromatic N) is 1. The Labute approximate surface area is 105 Å². The van der Waals surface area contributed by atoms with Crippen LogP contribution in [-0.2, 0) is 0 Å². The highest BCUT2D eigenvalue weighted by Crippen LogP contribution is 2.27. The van der Waals surface area contributed by atoms with Crippen LogP contribution in [-0.4, -0.2) is 18.1 Å². The molecular weight excluding hydrogens is 231 g/mol. The predicted octanol–water partition coefficient (Wildman–Crippen LogP) is 2.95. The second kappa shape index (κ2) is 4.90. The van der Waals surface area contributed by atoms with Crippen molar-refractivity contribution >= 4 is 0 Å². The molecule has 0 spiro atoms. The molecule has 1 N–H and O–H groups in total. The van der Waals surface area contributed by atoms with Gasteiger partial charge in [-0.1, -0.05) is 0 Å². The maximum Gasteiger partial charge on any atom is 0.199 e. The van der Waals surface area contributed by atoms with Crippen molar-refractivity contribution < 1.29 is 8.81 Å². The number of rotatable bonds is 2. The van der Waals surface area contributed by atoms with Crippen LogP contribution in [0.15, 0.2) is 34.9 Å². The lowest BCUT2D eigenvalue weighted by atomic mass is 10.00. The summed E-state index contributed by atoms with van der Waals surface area (Å²) in [6.45, 7) is 1.99. The molecule has 1 fully saturated rings. The Morgan fingerprint density at radius 1 is 1.28 bits per heavy atom. The van der Waals surface area contributed by atoms with Crippen LogP contribution in [0.5, 0.6) is 0 Å². The molecule has 18 heavy (non-hydrogen) atoms. The van der Waals surface area contributed by atoms with E-state index in [1.54, 1.807) is 18.3 Å².